The number of aromatic nitrogens is 2. The molecule has 0 saturated heterocycles. The van der Waals surface area contributed by atoms with Gasteiger partial charge < -0.3 is 4.18 Å². The van der Waals surface area contributed by atoms with Crippen LogP contribution in [-0.4, -0.2) is 15.7 Å². The topological polar surface area (TPSA) is 35.0 Å². The van der Waals surface area contributed by atoms with Crippen molar-refractivity contribution in [3.05, 3.63) is 30.3 Å². The van der Waals surface area contributed by atoms with Crippen molar-refractivity contribution < 1.29 is 4.18 Å². The highest BCUT2D eigenvalue weighted by Crippen LogP contribution is 2.20. The molecule has 0 aliphatic rings. The maximum atomic E-state index is 5.25. The first-order chi connectivity index (χ1) is 6.90. The van der Waals surface area contributed by atoms with Gasteiger partial charge in [-0.25, -0.2) is 4.98 Å². The molecule has 3 nitrogen and oxygen atoms in total. The fourth-order valence-corrected chi connectivity index (χ4v) is 2.00. The van der Waals surface area contributed by atoms with Crippen LogP contribution in [0, 0.1) is 0 Å². The Morgan fingerprint density at radius 2 is 2.57 bits per heavy atom. The Morgan fingerprint density at radius 3 is 3.43 bits per heavy atom. The number of fused-ring (bicyclic) bond motifs is 1. The Balaban J connectivity index is 2.13. The van der Waals surface area contributed by atoms with Crippen LogP contribution >= 0.6 is 23.4 Å². The largest absolute Gasteiger partial charge is 0.389 e. The van der Waals surface area contributed by atoms with E-state index in [0.29, 0.717) is 6.01 Å². The predicted molar refractivity (Wildman–Crippen MR) is 60.7 cm³/mol. The van der Waals surface area contributed by atoms with Gasteiger partial charge >= 0.3 is 6.01 Å². The van der Waals surface area contributed by atoms with Gasteiger partial charge in [0.2, 0.25) is 0 Å². The van der Waals surface area contributed by atoms with E-state index in [1.165, 1.54) is 12.0 Å². The molecule has 2 aromatic heterocycles. The second kappa shape index (κ2) is 4.43. The minimum absolute atomic E-state index is 0.409. The van der Waals surface area contributed by atoms with Gasteiger partial charge in [-0.2, -0.15) is 4.98 Å². The molecular formula is C9H8N2OS2. The van der Waals surface area contributed by atoms with Crippen molar-refractivity contribution in [2.45, 2.75) is 0 Å². The Kier molecular flexibility index (Phi) is 3.00. The molecule has 0 unspecified atom stereocenters. The van der Waals surface area contributed by atoms with Gasteiger partial charge in [-0.05, 0) is 11.4 Å². The van der Waals surface area contributed by atoms with E-state index in [1.54, 1.807) is 23.6 Å². The van der Waals surface area contributed by atoms with Crippen LogP contribution in [0.15, 0.2) is 30.3 Å². The molecule has 0 atom stereocenters. The summed E-state index contributed by atoms with van der Waals surface area (Å²) in [5.74, 6) is 0.728. The predicted octanol–water partition coefficient (Wildman–Crippen LogP) is 2.90. The lowest BCUT2D eigenvalue weighted by molar-refractivity contribution is 0.591. The van der Waals surface area contributed by atoms with E-state index in [2.05, 4.69) is 16.5 Å². The molecule has 0 aromatic carbocycles. The first-order valence-electron chi connectivity index (χ1n) is 4.01. The molecule has 0 aliphatic heterocycles. The summed E-state index contributed by atoms with van der Waals surface area (Å²) in [6.07, 6.45) is 3.54. The average Bonchev–Trinajstić information content (AvgIpc) is 2.65. The summed E-state index contributed by atoms with van der Waals surface area (Å²) in [7, 11) is 0. The number of thiophene rings is 1. The first-order valence-corrected chi connectivity index (χ1v) is 5.80. The van der Waals surface area contributed by atoms with Crippen molar-refractivity contribution in [3.8, 4) is 6.01 Å². The van der Waals surface area contributed by atoms with Crippen molar-refractivity contribution >= 4 is 33.6 Å². The SMILES string of the molecule is C=CCSOc1ncc2ccsc2n1. The summed E-state index contributed by atoms with van der Waals surface area (Å²) in [4.78, 5) is 9.26. The van der Waals surface area contributed by atoms with E-state index in [4.69, 9.17) is 4.18 Å². The van der Waals surface area contributed by atoms with E-state index < -0.39 is 0 Å². The third-order valence-electron chi connectivity index (χ3n) is 1.50. The molecule has 2 rings (SSSR count). The maximum Gasteiger partial charge on any atom is 0.330 e. The van der Waals surface area contributed by atoms with Crippen molar-refractivity contribution in [2.24, 2.45) is 0 Å². The van der Waals surface area contributed by atoms with Crippen LogP contribution in [0.3, 0.4) is 0 Å². The molecule has 0 saturated carbocycles. The summed E-state index contributed by atoms with van der Waals surface area (Å²) >= 11 is 2.86. The van der Waals surface area contributed by atoms with E-state index in [0.717, 1.165) is 16.0 Å². The average molecular weight is 224 g/mol. The molecule has 0 aliphatic carbocycles. The third-order valence-corrected chi connectivity index (χ3v) is 2.97. The lowest BCUT2D eigenvalue weighted by atomic mass is 10.4. The van der Waals surface area contributed by atoms with Gasteiger partial charge in [0.1, 0.15) is 4.83 Å². The monoisotopic (exact) mass is 224 g/mol. The Morgan fingerprint density at radius 1 is 1.64 bits per heavy atom. The smallest absolute Gasteiger partial charge is 0.330 e. The Bertz CT molecular complexity index is 441. The van der Waals surface area contributed by atoms with Gasteiger partial charge in [0.05, 0.1) is 12.0 Å². The van der Waals surface area contributed by atoms with Crippen LogP contribution < -0.4 is 4.18 Å². The molecule has 72 valence electrons. The minimum atomic E-state index is 0.409. The van der Waals surface area contributed by atoms with Crippen molar-refractivity contribution in [3.63, 3.8) is 0 Å². The van der Waals surface area contributed by atoms with Crippen LogP contribution in [0.5, 0.6) is 6.01 Å². The molecule has 2 heterocycles. The fourth-order valence-electron chi connectivity index (χ4n) is 0.916. The fraction of sp³-hybridized carbons (Fsp3) is 0.111. The lowest BCUT2D eigenvalue weighted by Crippen LogP contribution is -1.89. The molecule has 0 spiro atoms. The Labute approximate surface area is 90.0 Å². The molecule has 0 bridgehead atoms. The van der Waals surface area contributed by atoms with Crippen LogP contribution in [0.1, 0.15) is 0 Å². The summed E-state index contributed by atoms with van der Waals surface area (Å²) in [5, 5.41) is 3.04. The van der Waals surface area contributed by atoms with Gasteiger partial charge in [0, 0.05) is 17.3 Å². The molecule has 0 amide bonds. The highest BCUT2D eigenvalue weighted by Gasteiger charge is 2.01. The highest BCUT2D eigenvalue weighted by atomic mass is 32.2. The molecular weight excluding hydrogens is 216 g/mol. The van der Waals surface area contributed by atoms with Crippen LogP contribution in [-0.2, 0) is 0 Å². The minimum Gasteiger partial charge on any atom is -0.389 e. The number of nitrogens with zero attached hydrogens (tertiary/aromatic N) is 2. The molecule has 2 aromatic rings. The van der Waals surface area contributed by atoms with Gasteiger partial charge in [-0.15, -0.1) is 17.9 Å². The summed E-state index contributed by atoms with van der Waals surface area (Å²) in [5.41, 5.74) is 0. The van der Waals surface area contributed by atoms with Crippen LogP contribution in [0.2, 0.25) is 0 Å². The van der Waals surface area contributed by atoms with Crippen LogP contribution in [0.25, 0.3) is 10.2 Å². The Hall–Kier alpha value is -1.07. The standard InChI is InChI=1S/C9H8N2OS2/c1-2-4-14-12-9-10-6-7-3-5-13-8(7)11-9/h2-3,5-6H,1,4H2. The quantitative estimate of drug-likeness (QED) is 0.454. The summed E-state index contributed by atoms with van der Waals surface area (Å²) in [6.45, 7) is 3.59. The summed E-state index contributed by atoms with van der Waals surface area (Å²) < 4.78 is 5.25. The van der Waals surface area contributed by atoms with E-state index in [-0.39, 0.29) is 0 Å². The van der Waals surface area contributed by atoms with E-state index in [9.17, 15) is 0 Å². The van der Waals surface area contributed by atoms with Gasteiger partial charge in [-0.3, -0.25) is 0 Å². The van der Waals surface area contributed by atoms with Crippen LogP contribution in [0.4, 0.5) is 0 Å². The third kappa shape index (κ3) is 2.05. The summed E-state index contributed by atoms with van der Waals surface area (Å²) in [6, 6.07) is 2.40. The van der Waals surface area contributed by atoms with E-state index in [1.807, 2.05) is 11.4 Å². The zero-order valence-electron chi connectivity index (χ0n) is 7.34. The zero-order chi connectivity index (χ0) is 9.80. The van der Waals surface area contributed by atoms with Gasteiger partial charge in [0.25, 0.3) is 0 Å². The van der Waals surface area contributed by atoms with Gasteiger partial charge in [0.15, 0.2) is 0 Å². The van der Waals surface area contributed by atoms with Crippen molar-refractivity contribution in [2.75, 3.05) is 5.75 Å². The number of hydrogen-bond donors (Lipinski definition) is 0. The second-order valence-corrected chi connectivity index (χ2v) is 4.12. The first kappa shape index (κ1) is 9.48. The second-order valence-electron chi connectivity index (χ2n) is 2.49. The molecule has 5 heteroatoms. The van der Waals surface area contributed by atoms with Crippen molar-refractivity contribution in [1.82, 2.24) is 9.97 Å². The zero-order valence-corrected chi connectivity index (χ0v) is 8.98. The number of rotatable bonds is 4. The molecule has 0 radical (unpaired) electrons. The normalized spacial score (nSPS) is 10.3. The van der Waals surface area contributed by atoms with E-state index >= 15 is 0 Å². The van der Waals surface area contributed by atoms with Gasteiger partial charge in [-0.1, -0.05) is 6.08 Å². The molecule has 0 N–H and O–H groups in total. The number of hydrogen-bond acceptors (Lipinski definition) is 5. The highest BCUT2D eigenvalue weighted by molar-refractivity contribution is 7.95. The molecule has 0 fully saturated rings. The molecule has 14 heavy (non-hydrogen) atoms. The lowest BCUT2D eigenvalue weighted by Gasteiger charge is -1.98. The maximum absolute atomic E-state index is 5.25. The van der Waals surface area contributed by atoms with Crippen molar-refractivity contribution in [1.29, 1.82) is 0 Å².